The number of quaternary nitrogens is 1. The zero-order chi connectivity index (χ0) is 20.8. The minimum Gasteiger partial charge on any atom is -0.859 e. The number of nitrogens with one attached hydrogen (secondary N) is 2. The second-order valence-corrected chi connectivity index (χ2v) is 7.89. The van der Waals surface area contributed by atoms with Crippen LogP contribution in [0, 0.1) is 10.6 Å². The van der Waals surface area contributed by atoms with Gasteiger partial charge in [0.25, 0.3) is 5.56 Å². The van der Waals surface area contributed by atoms with Crippen molar-refractivity contribution in [3.8, 4) is 5.88 Å². The Morgan fingerprint density at radius 1 is 1.17 bits per heavy atom. The van der Waals surface area contributed by atoms with E-state index in [-0.39, 0.29) is 22.7 Å². The summed E-state index contributed by atoms with van der Waals surface area (Å²) in [6, 6.07) is 13.4. The molecule has 1 atom stereocenters. The molecule has 0 amide bonds. The van der Waals surface area contributed by atoms with E-state index >= 15 is 0 Å². The van der Waals surface area contributed by atoms with Crippen molar-refractivity contribution in [3.05, 3.63) is 91.9 Å². The van der Waals surface area contributed by atoms with Crippen LogP contribution in [0.25, 0.3) is 10.9 Å². The molecule has 3 heterocycles. The lowest BCUT2D eigenvalue weighted by Gasteiger charge is -2.27. The molecule has 0 radical (unpaired) electrons. The highest BCUT2D eigenvalue weighted by Gasteiger charge is 2.31. The van der Waals surface area contributed by atoms with Crippen LogP contribution in [0.15, 0.2) is 53.3 Å². The predicted molar refractivity (Wildman–Crippen MR) is 111 cm³/mol. The number of H-pyrrole nitrogens is 2. The molecule has 4 N–H and O–H groups in total. The Morgan fingerprint density at radius 2 is 1.93 bits per heavy atom. The van der Waals surface area contributed by atoms with Gasteiger partial charge < -0.3 is 20.0 Å². The number of fused-ring (bicyclic) bond motifs is 3. The number of aromatic nitrogens is 3. The first-order chi connectivity index (χ1) is 14.5. The minimum absolute atomic E-state index is 0.0609. The fourth-order valence-electron chi connectivity index (χ4n) is 4.29. The number of hydrogen-bond donors (Lipinski definition) is 3. The molecule has 2 aromatic heterocycles. The minimum atomic E-state index is -0.465. The van der Waals surface area contributed by atoms with E-state index < -0.39 is 17.5 Å². The van der Waals surface area contributed by atoms with E-state index in [0.717, 1.165) is 40.7 Å². The molecule has 1 aliphatic heterocycles. The van der Waals surface area contributed by atoms with Crippen molar-refractivity contribution in [2.75, 3.05) is 6.54 Å². The molecule has 0 fully saturated rings. The van der Waals surface area contributed by atoms with Crippen molar-refractivity contribution in [1.29, 1.82) is 0 Å². The summed E-state index contributed by atoms with van der Waals surface area (Å²) in [5, 5.41) is 16.5. The first-order valence-corrected chi connectivity index (χ1v) is 10.1. The summed E-state index contributed by atoms with van der Waals surface area (Å²) in [5.41, 5.74) is 3.43. The highest BCUT2D eigenvalue weighted by atomic mass is 32.1. The third-order valence-electron chi connectivity index (χ3n) is 5.71. The van der Waals surface area contributed by atoms with Crippen LogP contribution in [-0.2, 0) is 13.0 Å². The number of halogens is 1. The molecule has 2 aromatic carbocycles. The maximum atomic E-state index is 13.4. The number of aromatic amines is 2. The number of nitrogens with two attached hydrogens (primary N) is 1. The van der Waals surface area contributed by atoms with E-state index in [0.29, 0.717) is 0 Å². The second-order valence-electron chi connectivity index (χ2n) is 7.51. The SMILES string of the molecule is O=c1[nH]c(=S)n(Cc2ccc(F)cc2)c([O-])c1[C@@H]1[NH2+]CCc2c1[nH]c1ccccc21. The average molecular weight is 422 g/mol. The summed E-state index contributed by atoms with van der Waals surface area (Å²) in [5.74, 6) is -0.768. The first kappa shape index (κ1) is 18.8. The molecule has 30 heavy (non-hydrogen) atoms. The van der Waals surface area contributed by atoms with E-state index in [1.807, 2.05) is 23.5 Å². The molecule has 6 nitrogen and oxygen atoms in total. The van der Waals surface area contributed by atoms with E-state index in [1.165, 1.54) is 16.7 Å². The van der Waals surface area contributed by atoms with Crippen LogP contribution in [0.4, 0.5) is 4.39 Å². The Balaban J connectivity index is 1.65. The lowest BCUT2D eigenvalue weighted by atomic mass is 9.95. The third-order valence-corrected chi connectivity index (χ3v) is 6.03. The summed E-state index contributed by atoms with van der Waals surface area (Å²) < 4.78 is 14.7. The summed E-state index contributed by atoms with van der Waals surface area (Å²) in [6.07, 6.45) is 0.858. The van der Waals surface area contributed by atoms with E-state index in [2.05, 4.69) is 16.0 Å². The normalized spacial score (nSPS) is 16.0. The van der Waals surface area contributed by atoms with Crippen LogP contribution in [0.3, 0.4) is 0 Å². The highest BCUT2D eigenvalue weighted by molar-refractivity contribution is 7.71. The molecule has 0 aliphatic carbocycles. The summed E-state index contributed by atoms with van der Waals surface area (Å²) in [6.45, 7) is 0.931. The number of para-hydroxylation sites is 1. The molecule has 8 heteroatoms. The van der Waals surface area contributed by atoms with Crippen molar-refractivity contribution in [3.63, 3.8) is 0 Å². The van der Waals surface area contributed by atoms with Crippen LogP contribution < -0.4 is 16.0 Å². The smallest absolute Gasteiger partial charge is 0.260 e. The highest BCUT2D eigenvalue weighted by Crippen LogP contribution is 2.31. The molecule has 0 unspecified atom stereocenters. The number of benzene rings is 2. The molecule has 1 aliphatic rings. The molecular weight excluding hydrogens is 403 g/mol. The molecule has 0 bridgehead atoms. The molecular formula is C22H19FN4O2S. The van der Waals surface area contributed by atoms with Crippen molar-refractivity contribution in [1.82, 2.24) is 14.5 Å². The van der Waals surface area contributed by atoms with Gasteiger partial charge in [-0.25, -0.2) is 4.39 Å². The molecule has 4 aromatic rings. The lowest BCUT2D eigenvalue weighted by molar-refractivity contribution is -0.691. The zero-order valence-electron chi connectivity index (χ0n) is 15.9. The second kappa shape index (κ2) is 7.23. The van der Waals surface area contributed by atoms with Gasteiger partial charge in [-0.1, -0.05) is 30.3 Å². The quantitative estimate of drug-likeness (QED) is 0.440. The molecule has 0 saturated heterocycles. The van der Waals surface area contributed by atoms with Crippen LogP contribution >= 0.6 is 12.2 Å². The van der Waals surface area contributed by atoms with Crippen LogP contribution in [0.1, 0.15) is 28.4 Å². The summed E-state index contributed by atoms with van der Waals surface area (Å²) in [7, 11) is 0. The van der Waals surface area contributed by atoms with Gasteiger partial charge in [0.2, 0.25) is 0 Å². The standard InChI is InChI=1S/C22H19FN4O2S/c23-13-7-5-12(6-8-13)11-27-21(29)17(20(28)26-22(27)30)19-18-15(9-10-24-19)14-3-1-2-4-16(14)25-18/h1-8,19,24-25,29H,9-11H2,(H,26,28,30)/t19-/m0/s1. The van der Waals surface area contributed by atoms with Gasteiger partial charge in [-0.3, -0.25) is 9.78 Å². The van der Waals surface area contributed by atoms with Crippen molar-refractivity contribution in [2.24, 2.45) is 0 Å². The average Bonchev–Trinajstić information content (AvgIpc) is 3.12. The molecule has 5 rings (SSSR count). The van der Waals surface area contributed by atoms with Gasteiger partial charge in [0.1, 0.15) is 5.82 Å². The Morgan fingerprint density at radius 3 is 2.73 bits per heavy atom. The third kappa shape index (κ3) is 3.05. The number of nitrogens with zero attached hydrogens (tertiary/aromatic N) is 1. The van der Waals surface area contributed by atoms with Crippen molar-refractivity contribution >= 4 is 23.1 Å². The van der Waals surface area contributed by atoms with E-state index in [1.54, 1.807) is 12.1 Å². The lowest BCUT2D eigenvalue weighted by Crippen LogP contribution is -2.88. The van der Waals surface area contributed by atoms with Gasteiger partial charge in [0.15, 0.2) is 10.8 Å². The summed E-state index contributed by atoms with van der Waals surface area (Å²) >= 11 is 5.26. The Labute approximate surface area is 176 Å². The van der Waals surface area contributed by atoms with Gasteiger partial charge in [0.05, 0.1) is 17.8 Å². The van der Waals surface area contributed by atoms with Gasteiger partial charge in [-0.15, -0.1) is 0 Å². The van der Waals surface area contributed by atoms with Gasteiger partial charge in [-0.2, -0.15) is 0 Å². The van der Waals surface area contributed by atoms with Crippen LogP contribution in [0.5, 0.6) is 5.88 Å². The monoisotopic (exact) mass is 422 g/mol. The molecule has 152 valence electrons. The van der Waals surface area contributed by atoms with E-state index in [9.17, 15) is 14.3 Å². The topological polar surface area (TPSA) is 93.2 Å². The maximum absolute atomic E-state index is 13.4. The van der Waals surface area contributed by atoms with Gasteiger partial charge >= 0.3 is 0 Å². The fraction of sp³-hybridized carbons (Fsp3) is 0.182. The van der Waals surface area contributed by atoms with Crippen molar-refractivity contribution < 1.29 is 14.8 Å². The first-order valence-electron chi connectivity index (χ1n) is 9.74. The van der Waals surface area contributed by atoms with Crippen LogP contribution in [-0.4, -0.2) is 21.1 Å². The van der Waals surface area contributed by atoms with Crippen LogP contribution in [0.2, 0.25) is 0 Å². The van der Waals surface area contributed by atoms with E-state index in [4.69, 9.17) is 12.2 Å². The molecule has 0 spiro atoms. The molecule has 0 saturated carbocycles. The Hall–Kier alpha value is -3.23. The van der Waals surface area contributed by atoms with Gasteiger partial charge in [0, 0.05) is 23.9 Å². The Kier molecular flexibility index (Phi) is 4.52. The maximum Gasteiger partial charge on any atom is 0.260 e. The largest absolute Gasteiger partial charge is 0.859 e. The van der Waals surface area contributed by atoms with Crippen molar-refractivity contribution in [2.45, 2.75) is 19.0 Å². The fourth-order valence-corrected chi connectivity index (χ4v) is 4.53. The zero-order valence-corrected chi connectivity index (χ0v) is 16.8. The predicted octanol–water partition coefficient (Wildman–Crippen LogP) is 1.86. The number of rotatable bonds is 3. The Bertz CT molecular complexity index is 1370. The summed E-state index contributed by atoms with van der Waals surface area (Å²) in [4.78, 5) is 18.9. The van der Waals surface area contributed by atoms with Gasteiger partial charge in [-0.05, 0) is 47.4 Å². The number of hydrogen-bond acceptors (Lipinski definition) is 3.